The van der Waals surface area contributed by atoms with Crippen LogP contribution in [0.1, 0.15) is 16.1 Å². The van der Waals surface area contributed by atoms with E-state index in [1.807, 2.05) is 29.2 Å². The van der Waals surface area contributed by atoms with Crippen LogP contribution in [0.3, 0.4) is 0 Å². The zero-order valence-electron chi connectivity index (χ0n) is 14.6. The molecule has 0 radical (unpaired) electrons. The van der Waals surface area contributed by atoms with Crippen molar-refractivity contribution in [3.8, 4) is 0 Å². The smallest absolute Gasteiger partial charge is 0.270 e. The number of aromatic amines is 1. The molecular formula is C21H22BrN3O. The SMILES string of the molecule is O=C(c1cc2ccc(Br)cc2[nH]1)N1CCN(CCc2ccccc2)CC1. The lowest BCUT2D eigenvalue weighted by Gasteiger charge is -2.34. The van der Waals surface area contributed by atoms with Gasteiger partial charge in [0.05, 0.1) is 0 Å². The Balaban J connectivity index is 1.34. The molecule has 1 aromatic heterocycles. The molecular weight excluding hydrogens is 390 g/mol. The Morgan fingerprint density at radius 2 is 1.77 bits per heavy atom. The number of nitrogens with one attached hydrogen (secondary N) is 1. The Hall–Kier alpha value is -2.11. The van der Waals surface area contributed by atoms with Gasteiger partial charge >= 0.3 is 0 Å². The summed E-state index contributed by atoms with van der Waals surface area (Å²) >= 11 is 3.47. The molecule has 1 saturated heterocycles. The second kappa shape index (κ2) is 7.64. The summed E-state index contributed by atoms with van der Waals surface area (Å²) in [6.07, 6.45) is 1.06. The zero-order chi connectivity index (χ0) is 17.9. The molecule has 3 aromatic rings. The molecule has 2 aromatic carbocycles. The Kier molecular flexibility index (Phi) is 5.09. The number of halogens is 1. The number of piperazine rings is 1. The summed E-state index contributed by atoms with van der Waals surface area (Å²) in [6.45, 7) is 4.49. The van der Waals surface area contributed by atoms with E-state index < -0.39 is 0 Å². The maximum atomic E-state index is 12.8. The number of carbonyl (C=O) groups excluding carboxylic acids is 1. The Labute approximate surface area is 161 Å². The Bertz CT molecular complexity index is 898. The standard InChI is InChI=1S/C21H22BrN3O/c22-18-7-6-17-14-20(23-19(17)15-18)21(26)25-12-10-24(11-13-25)9-8-16-4-2-1-3-5-16/h1-7,14-15,23H,8-13H2. The number of H-pyrrole nitrogens is 1. The third kappa shape index (κ3) is 3.84. The first kappa shape index (κ1) is 17.3. The van der Waals surface area contributed by atoms with Gasteiger partial charge in [-0.25, -0.2) is 0 Å². The number of fused-ring (bicyclic) bond motifs is 1. The third-order valence-electron chi connectivity index (χ3n) is 5.03. The summed E-state index contributed by atoms with van der Waals surface area (Å²) in [5.41, 5.74) is 3.04. The minimum Gasteiger partial charge on any atom is -0.350 e. The molecule has 26 heavy (non-hydrogen) atoms. The molecule has 1 aliphatic rings. The van der Waals surface area contributed by atoms with Gasteiger partial charge in [0.2, 0.25) is 0 Å². The van der Waals surface area contributed by atoms with E-state index in [1.165, 1.54) is 5.56 Å². The van der Waals surface area contributed by atoms with E-state index in [-0.39, 0.29) is 5.91 Å². The van der Waals surface area contributed by atoms with Gasteiger partial charge in [-0.05, 0) is 30.2 Å². The average molecular weight is 412 g/mol. The zero-order valence-corrected chi connectivity index (χ0v) is 16.2. The fraction of sp³-hybridized carbons (Fsp3) is 0.286. The van der Waals surface area contributed by atoms with Gasteiger partial charge in [0.15, 0.2) is 0 Å². The number of nitrogens with zero attached hydrogens (tertiary/aromatic N) is 2. The number of benzene rings is 2. The molecule has 5 heteroatoms. The number of rotatable bonds is 4. The van der Waals surface area contributed by atoms with Crippen molar-refractivity contribution in [1.82, 2.24) is 14.8 Å². The van der Waals surface area contributed by atoms with E-state index in [4.69, 9.17) is 0 Å². The van der Waals surface area contributed by atoms with Crippen molar-refractivity contribution in [2.75, 3.05) is 32.7 Å². The molecule has 2 heterocycles. The molecule has 1 aliphatic heterocycles. The summed E-state index contributed by atoms with van der Waals surface area (Å²) in [5, 5.41) is 1.07. The van der Waals surface area contributed by atoms with Crippen LogP contribution in [0.4, 0.5) is 0 Å². The van der Waals surface area contributed by atoms with Crippen molar-refractivity contribution in [2.24, 2.45) is 0 Å². The van der Waals surface area contributed by atoms with E-state index in [9.17, 15) is 4.79 Å². The fourth-order valence-corrected chi connectivity index (χ4v) is 3.85. The summed E-state index contributed by atoms with van der Waals surface area (Å²) in [7, 11) is 0. The van der Waals surface area contributed by atoms with Gasteiger partial charge in [0.25, 0.3) is 5.91 Å². The van der Waals surface area contributed by atoms with Crippen LogP contribution in [-0.2, 0) is 6.42 Å². The van der Waals surface area contributed by atoms with Crippen LogP contribution < -0.4 is 0 Å². The van der Waals surface area contributed by atoms with Crippen molar-refractivity contribution in [1.29, 1.82) is 0 Å². The van der Waals surface area contributed by atoms with Gasteiger partial charge in [-0.1, -0.05) is 52.3 Å². The van der Waals surface area contributed by atoms with Gasteiger partial charge in [-0.15, -0.1) is 0 Å². The monoisotopic (exact) mass is 411 g/mol. The Morgan fingerprint density at radius 1 is 1.00 bits per heavy atom. The van der Waals surface area contributed by atoms with Crippen LogP contribution in [0.2, 0.25) is 0 Å². The maximum Gasteiger partial charge on any atom is 0.270 e. The highest BCUT2D eigenvalue weighted by atomic mass is 79.9. The third-order valence-corrected chi connectivity index (χ3v) is 5.53. The van der Waals surface area contributed by atoms with Crippen LogP contribution in [-0.4, -0.2) is 53.4 Å². The van der Waals surface area contributed by atoms with Gasteiger partial charge < -0.3 is 9.88 Å². The first-order chi connectivity index (χ1) is 12.7. The van der Waals surface area contributed by atoms with Crippen LogP contribution in [0.25, 0.3) is 10.9 Å². The quantitative estimate of drug-likeness (QED) is 0.706. The summed E-state index contributed by atoms with van der Waals surface area (Å²) < 4.78 is 1.01. The van der Waals surface area contributed by atoms with Crippen LogP contribution >= 0.6 is 15.9 Å². The molecule has 0 saturated carbocycles. The number of amides is 1. The summed E-state index contributed by atoms with van der Waals surface area (Å²) in [6, 6.07) is 18.6. The normalized spacial score (nSPS) is 15.5. The molecule has 0 bridgehead atoms. The lowest BCUT2D eigenvalue weighted by Crippen LogP contribution is -2.49. The minimum atomic E-state index is 0.0973. The average Bonchev–Trinajstić information content (AvgIpc) is 3.10. The Morgan fingerprint density at radius 3 is 2.54 bits per heavy atom. The van der Waals surface area contributed by atoms with E-state index >= 15 is 0 Å². The van der Waals surface area contributed by atoms with Crippen molar-refractivity contribution in [3.05, 3.63) is 70.3 Å². The number of hydrogen-bond donors (Lipinski definition) is 1. The number of aromatic nitrogens is 1. The highest BCUT2D eigenvalue weighted by molar-refractivity contribution is 9.10. The molecule has 1 N–H and O–H groups in total. The second-order valence-corrected chi connectivity index (χ2v) is 7.70. The topological polar surface area (TPSA) is 39.3 Å². The van der Waals surface area contributed by atoms with Crippen molar-refractivity contribution in [3.63, 3.8) is 0 Å². The largest absolute Gasteiger partial charge is 0.350 e. The van der Waals surface area contributed by atoms with Gasteiger partial charge in [0.1, 0.15) is 5.69 Å². The van der Waals surface area contributed by atoms with Crippen molar-refractivity contribution < 1.29 is 4.79 Å². The summed E-state index contributed by atoms with van der Waals surface area (Å²) in [5.74, 6) is 0.0973. The molecule has 1 amide bonds. The van der Waals surface area contributed by atoms with Gasteiger partial charge in [0, 0.05) is 48.1 Å². The van der Waals surface area contributed by atoms with E-state index in [0.29, 0.717) is 5.69 Å². The van der Waals surface area contributed by atoms with Gasteiger partial charge in [-0.3, -0.25) is 9.69 Å². The lowest BCUT2D eigenvalue weighted by atomic mass is 10.1. The molecule has 1 fully saturated rings. The molecule has 0 spiro atoms. The van der Waals surface area contributed by atoms with Crippen LogP contribution in [0.5, 0.6) is 0 Å². The van der Waals surface area contributed by atoms with E-state index in [0.717, 1.165) is 54.5 Å². The molecule has 0 unspecified atom stereocenters. The highest BCUT2D eigenvalue weighted by Gasteiger charge is 2.23. The number of hydrogen-bond acceptors (Lipinski definition) is 2. The highest BCUT2D eigenvalue weighted by Crippen LogP contribution is 2.21. The second-order valence-electron chi connectivity index (χ2n) is 6.78. The molecule has 0 aliphatic carbocycles. The first-order valence-corrected chi connectivity index (χ1v) is 9.82. The fourth-order valence-electron chi connectivity index (χ4n) is 3.49. The van der Waals surface area contributed by atoms with Crippen LogP contribution in [0.15, 0.2) is 59.1 Å². The van der Waals surface area contributed by atoms with Crippen molar-refractivity contribution >= 4 is 32.7 Å². The first-order valence-electron chi connectivity index (χ1n) is 9.03. The maximum absolute atomic E-state index is 12.8. The minimum absolute atomic E-state index is 0.0973. The molecule has 134 valence electrons. The predicted octanol–water partition coefficient (Wildman–Crippen LogP) is 3.93. The van der Waals surface area contributed by atoms with E-state index in [2.05, 4.69) is 56.1 Å². The van der Waals surface area contributed by atoms with Crippen LogP contribution in [0, 0.1) is 0 Å². The lowest BCUT2D eigenvalue weighted by molar-refractivity contribution is 0.0633. The van der Waals surface area contributed by atoms with Gasteiger partial charge in [-0.2, -0.15) is 0 Å². The predicted molar refractivity (Wildman–Crippen MR) is 108 cm³/mol. The van der Waals surface area contributed by atoms with E-state index in [1.54, 1.807) is 0 Å². The molecule has 4 nitrogen and oxygen atoms in total. The van der Waals surface area contributed by atoms with Crippen molar-refractivity contribution in [2.45, 2.75) is 6.42 Å². The molecule has 0 atom stereocenters. The number of carbonyl (C=O) groups is 1. The summed E-state index contributed by atoms with van der Waals surface area (Å²) in [4.78, 5) is 20.5. The molecule has 4 rings (SSSR count).